The second kappa shape index (κ2) is 6.08. The first-order valence-corrected chi connectivity index (χ1v) is 6.27. The molecule has 1 fully saturated rings. The number of rotatable bonds is 2. The molecule has 0 atom stereocenters. The molecule has 0 unspecified atom stereocenters. The average molecular weight is 302 g/mol. The van der Waals surface area contributed by atoms with Crippen molar-refractivity contribution < 1.29 is 13.2 Å². The van der Waals surface area contributed by atoms with Gasteiger partial charge in [-0.25, -0.2) is 4.98 Å². The molecule has 0 aliphatic carbocycles. The normalized spacial score (nSPS) is 17.7. The van der Waals surface area contributed by atoms with Gasteiger partial charge in [-0.1, -0.05) is 11.3 Å². The zero-order valence-electron chi connectivity index (χ0n) is 9.83. The molecule has 0 amide bonds. The summed E-state index contributed by atoms with van der Waals surface area (Å²) >= 11 is 0.725. The summed E-state index contributed by atoms with van der Waals surface area (Å²) in [6.45, 7) is 1.52. The number of alkyl halides is 3. The zero-order valence-corrected chi connectivity index (χ0v) is 11.5. The Balaban J connectivity index is 0.00000162. The molecule has 3 nitrogen and oxygen atoms in total. The topological polar surface area (TPSA) is 28.2 Å². The maximum absolute atomic E-state index is 12.4. The van der Waals surface area contributed by atoms with Crippen molar-refractivity contribution in [3.05, 3.63) is 11.1 Å². The van der Waals surface area contributed by atoms with Crippen LogP contribution >= 0.6 is 23.7 Å². The van der Waals surface area contributed by atoms with Crippen molar-refractivity contribution in [2.75, 3.05) is 25.0 Å². The summed E-state index contributed by atoms with van der Waals surface area (Å²) in [7, 11) is 1.91. The molecule has 1 aliphatic rings. The Kier molecular flexibility index (Phi) is 5.24. The van der Waals surface area contributed by atoms with Gasteiger partial charge < -0.3 is 10.2 Å². The molecular weight excluding hydrogens is 287 g/mol. The minimum atomic E-state index is -4.28. The third kappa shape index (κ3) is 3.49. The molecule has 1 N–H and O–H groups in total. The van der Waals surface area contributed by atoms with Crippen molar-refractivity contribution in [2.24, 2.45) is 0 Å². The number of hydrogen-bond acceptors (Lipinski definition) is 4. The summed E-state index contributed by atoms with van der Waals surface area (Å²) in [5.41, 5.74) is 0. The molecule has 104 valence electrons. The van der Waals surface area contributed by atoms with E-state index in [2.05, 4.69) is 10.3 Å². The molecule has 2 heterocycles. The van der Waals surface area contributed by atoms with Crippen molar-refractivity contribution in [1.82, 2.24) is 10.3 Å². The van der Waals surface area contributed by atoms with Gasteiger partial charge >= 0.3 is 6.18 Å². The van der Waals surface area contributed by atoms with Crippen LogP contribution in [0.2, 0.25) is 0 Å². The van der Waals surface area contributed by atoms with E-state index in [9.17, 15) is 13.2 Å². The highest BCUT2D eigenvalue weighted by molar-refractivity contribution is 7.15. The van der Waals surface area contributed by atoms with Crippen LogP contribution in [0.1, 0.15) is 17.7 Å². The largest absolute Gasteiger partial charge is 0.427 e. The molecule has 1 saturated heterocycles. The summed E-state index contributed by atoms with van der Waals surface area (Å²) in [4.78, 5) is 5.16. The fraction of sp³-hybridized carbons (Fsp3) is 0.700. The Morgan fingerprint density at radius 3 is 2.44 bits per heavy atom. The summed E-state index contributed by atoms with van der Waals surface area (Å²) in [6.07, 6.45) is -1.47. The van der Waals surface area contributed by atoms with E-state index in [0.29, 0.717) is 11.2 Å². The second-order valence-electron chi connectivity index (χ2n) is 4.05. The molecule has 0 radical (unpaired) electrons. The number of thiazole rings is 1. The van der Waals surface area contributed by atoms with Gasteiger partial charge in [-0.15, -0.1) is 12.4 Å². The zero-order chi connectivity index (χ0) is 12.5. The molecule has 0 bridgehead atoms. The van der Waals surface area contributed by atoms with E-state index < -0.39 is 11.1 Å². The van der Waals surface area contributed by atoms with Crippen molar-refractivity contribution in [2.45, 2.75) is 25.1 Å². The fourth-order valence-corrected chi connectivity index (χ4v) is 2.74. The lowest BCUT2D eigenvalue weighted by atomic mass is 10.1. The second-order valence-corrected chi connectivity index (χ2v) is 5.06. The maximum Gasteiger partial charge on any atom is 0.427 e. The van der Waals surface area contributed by atoms with Crippen LogP contribution in [-0.4, -0.2) is 31.2 Å². The van der Waals surface area contributed by atoms with Gasteiger partial charge in [-0.3, -0.25) is 0 Å². The van der Waals surface area contributed by atoms with E-state index in [1.165, 1.54) is 0 Å². The van der Waals surface area contributed by atoms with E-state index in [0.717, 1.165) is 43.5 Å². The van der Waals surface area contributed by atoms with E-state index in [4.69, 9.17) is 0 Å². The summed E-state index contributed by atoms with van der Waals surface area (Å²) in [5.74, 6) is 0. The molecular formula is C10H15ClF3N3S. The van der Waals surface area contributed by atoms with Gasteiger partial charge in [0.25, 0.3) is 0 Å². The lowest BCUT2D eigenvalue weighted by Gasteiger charge is -2.31. The SMILES string of the molecule is CNC1CCN(c2ncc(C(F)(F)F)s2)CC1.Cl. The van der Waals surface area contributed by atoms with E-state index >= 15 is 0 Å². The van der Waals surface area contributed by atoms with E-state index in [1.807, 2.05) is 11.9 Å². The number of nitrogens with one attached hydrogen (secondary N) is 1. The average Bonchev–Trinajstić information content (AvgIpc) is 2.78. The van der Waals surface area contributed by atoms with Gasteiger partial charge in [0.1, 0.15) is 4.88 Å². The Hall–Kier alpha value is -0.530. The lowest BCUT2D eigenvalue weighted by Crippen LogP contribution is -2.41. The van der Waals surface area contributed by atoms with Crippen LogP contribution in [-0.2, 0) is 6.18 Å². The maximum atomic E-state index is 12.4. The summed E-state index contributed by atoms with van der Waals surface area (Å²) in [5, 5.41) is 3.66. The number of aromatic nitrogens is 1. The van der Waals surface area contributed by atoms with Crippen molar-refractivity contribution in [1.29, 1.82) is 0 Å². The van der Waals surface area contributed by atoms with Crippen LogP contribution in [0.4, 0.5) is 18.3 Å². The van der Waals surface area contributed by atoms with Gasteiger partial charge in [0, 0.05) is 19.1 Å². The first-order chi connectivity index (χ1) is 8.00. The first kappa shape index (κ1) is 15.5. The van der Waals surface area contributed by atoms with E-state index in [-0.39, 0.29) is 12.4 Å². The Morgan fingerprint density at radius 2 is 2.00 bits per heavy atom. The number of nitrogens with zero attached hydrogens (tertiary/aromatic N) is 2. The third-order valence-corrected chi connectivity index (χ3v) is 4.05. The highest BCUT2D eigenvalue weighted by atomic mass is 35.5. The molecule has 8 heteroatoms. The lowest BCUT2D eigenvalue weighted by molar-refractivity contribution is -0.134. The standard InChI is InChI=1S/C10H14F3N3S.ClH/c1-14-7-2-4-16(5-3-7)9-15-6-8(17-9)10(11,12)13;/h6-7,14H,2-5H2,1H3;1H. The third-order valence-electron chi connectivity index (χ3n) is 2.95. The first-order valence-electron chi connectivity index (χ1n) is 5.46. The van der Waals surface area contributed by atoms with Crippen molar-refractivity contribution in [3.8, 4) is 0 Å². The Bertz CT molecular complexity index is 375. The predicted octanol–water partition coefficient (Wildman–Crippen LogP) is 2.77. The minimum Gasteiger partial charge on any atom is -0.348 e. The van der Waals surface area contributed by atoms with Gasteiger partial charge in [-0.05, 0) is 19.9 Å². The van der Waals surface area contributed by atoms with Gasteiger partial charge in [-0.2, -0.15) is 13.2 Å². The molecule has 18 heavy (non-hydrogen) atoms. The number of anilines is 1. The molecule has 1 aliphatic heterocycles. The minimum absolute atomic E-state index is 0. The quantitative estimate of drug-likeness (QED) is 0.910. The monoisotopic (exact) mass is 301 g/mol. The van der Waals surface area contributed by atoms with Crippen molar-refractivity contribution in [3.63, 3.8) is 0 Å². The highest BCUT2D eigenvalue weighted by Crippen LogP contribution is 2.36. The molecule has 1 aromatic rings. The van der Waals surface area contributed by atoms with Crippen LogP contribution in [0, 0.1) is 0 Å². The van der Waals surface area contributed by atoms with Crippen LogP contribution in [0.15, 0.2) is 6.20 Å². The van der Waals surface area contributed by atoms with Gasteiger partial charge in [0.2, 0.25) is 0 Å². The molecule has 0 saturated carbocycles. The van der Waals surface area contributed by atoms with Crippen LogP contribution in [0.5, 0.6) is 0 Å². The summed E-state index contributed by atoms with van der Waals surface area (Å²) < 4.78 is 37.3. The molecule has 2 rings (SSSR count). The fourth-order valence-electron chi connectivity index (χ4n) is 1.90. The number of halogens is 4. The molecule has 0 spiro atoms. The Labute approximate surface area is 114 Å². The molecule has 0 aromatic carbocycles. The van der Waals surface area contributed by atoms with Crippen LogP contribution in [0.25, 0.3) is 0 Å². The highest BCUT2D eigenvalue weighted by Gasteiger charge is 2.34. The number of piperidine rings is 1. The van der Waals surface area contributed by atoms with E-state index in [1.54, 1.807) is 0 Å². The van der Waals surface area contributed by atoms with Crippen LogP contribution < -0.4 is 10.2 Å². The Morgan fingerprint density at radius 1 is 1.39 bits per heavy atom. The predicted molar refractivity (Wildman–Crippen MR) is 68.7 cm³/mol. The van der Waals surface area contributed by atoms with Crippen LogP contribution in [0.3, 0.4) is 0 Å². The summed E-state index contributed by atoms with van der Waals surface area (Å²) in [6, 6.07) is 0.466. The number of hydrogen-bond donors (Lipinski definition) is 1. The smallest absolute Gasteiger partial charge is 0.348 e. The van der Waals surface area contributed by atoms with Crippen molar-refractivity contribution >= 4 is 28.9 Å². The molecule has 1 aromatic heterocycles. The van der Waals surface area contributed by atoms with Gasteiger partial charge in [0.05, 0.1) is 6.20 Å². The van der Waals surface area contributed by atoms with Gasteiger partial charge in [0.15, 0.2) is 5.13 Å².